The number of ether oxygens (including phenoxy) is 1. The van der Waals surface area contributed by atoms with Gasteiger partial charge < -0.3 is 9.84 Å². The van der Waals surface area contributed by atoms with E-state index in [4.69, 9.17) is 15.5 Å². The lowest BCUT2D eigenvalue weighted by Gasteiger charge is -2.24. The van der Waals surface area contributed by atoms with Crippen LogP contribution in [0.5, 0.6) is 11.5 Å². The third-order valence-corrected chi connectivity index (χ3v) is 3.05. The van der Waals surface area contributed by atoms with Crippen LogP contribution in [0.3, 0.4) is 0 Å². The molecule has 0 amide bonds. The highest BCUT2D eigenvalue weighted by atomic mass is 79.9. The fraction of sp³-hybridized carbons (Fsp3) is 0.400. The highest BCUT2D eigenvalue weighted by molar-refractivity contribution is 9.10. The van der Waals surface area contributed by atoms with E-state index in [0.29, 0.717) is 10.2 Å². The molecule has 0 aromatic heterocycles. The third kappa shape index (κ3) is 2.25. The average Bonchev–Trinajstić information content (AvgIpc) is 2.21. The summed E-state index contributed by atoms with van der Waals surface area (Å²) in [5.74, 6) is 5.64. The van der Waals surface area contributed by atoms with Crippen molar-refractivity contribution in [3.05, 3.63) is 22.2 Å². The summed E-state index contributed by atoms with van der Waals surface area (Å²) in [4.78, 5) is 4.85. The number of hydrogen-bond acceptors (Lipinski definition) is 4. The van der Waals surface area contributed by atoms with Crippen molar-refractivity contribution >= 4 is 15.9 Å². The third-order valence-electron chi connectivity index (χ3n) is 2.24. The molecule has 0 saturated heterocycles. The molecule has 0 atom stereocenters. The van der Waals surface area contributed by atoms with Crippen molar-refractivity contribution in [3.63, 3.8) is 0 Å². The summed E-state index contributed by atoms with van der Waals surface area (Å²) in [6, 6.07) is 3.45. The molecule has 1 aromatic carbocycles. The molecule has 0 aliphatic rings. The summed E-state index contributed by atoms with van der Waals surface area (Å²) in [6.45, 7) is 3.61. The van der Waals surface area contributed by atoms with Gasteiger partial charge in [-0.05, 0) is 35.8 Å². The first-order chi connectivity index (χ1) is 6.94. The van der Waals surface area contributed by atoms with Gasteiger partial charge in [0.05, 0.1) is 11.6 Å². The number of phenols is 1. The largest absolute Gasteiger partial charge is 0.503 e. The maximum atomic E-state index is 9.77. The van der Waals surface area contributed by atoms with Crippen molar-refractivity contribution < 1.29 is 14.7 Å². The van der Waals surface area contributed by atoms with Gasteiger partial charge >= 0.3 is 0 Å². The standard InChI is InChI=1S/C10H14BrNO3/c1-10(2,15-12)6-4-5-7(14-3)9(13)8(6)11/h4-5,13H,12H2,1-3H3. The Morgan fingerprint density at radius 3 is 2.47 bits per heavy atom. The number of benzene rings is 1. The second-order valence-corrected chi connectivity index (χ2v) is 4.40. The number of aromatic hydroxyl groups is 1. The molecule has 0 unspecified atom stereocenters. The van der Waals surface area contributed by atoms with Crippen molar-refractivity contribution in [1.29, 1.82) is 0 Å². The van der Waals surface area contributed by atoms with Crippen LogP contribution in [0.15, 0.2) is 16.6 Å². The van der Waals surface area contributed by atoms with Gasteiger partial charge in [-0.25, -0.2) is 5.90 Å². The van der Waals surface area contributed by atoms with E-state index >= 15 is 0 Å². The minimum Gasteiger partial charge on any atom is -0.503 e. The Hall–Kier alpha value is -0.780. The quantitative estimate of drug-likeness (QED) is 0.831. The minimum absolute atomic E-state index is 0.0418. The second-order valence-electron chi connectivity index (χ2n) is 3.61. The zero-order valence-corrected chi connectivity index (χ0v) is 10.5. The number of halogens is 1. The zero-order chi connectivity index (χ0) is 11.6. The Kier molecular flexibility index (Phi) is 3.59. The Bertz CT molecular complexity index is 366. The normalized spacial score (nSPS) is 11.5. The van der Waals surface area contributed by atoms with E-state index in [1.54, 1.807) is 26.0 Å². The highest BCUT2D eigenvalue weighted by Gasteiger charge is 2.26. The van der Waals surface area contributed by atoms with E-state index < -0.39 is 5.60 Å². The van der Waals surface area contributed by atoms with Gasteiger partial charge in [0.2, 0.25) is 0 Å². The molecule has 15 heavy (non-hydrogen) atoms. The van der Waals surface area contributed by atoms with E-state index in [-0.39, 0.29) is 5.75 Å². The van der Waals surface area contributed by atoms with Gasteiger partial charge in [0.15, 0.2) is 11.5 Å². The molecule has 0 heterocycles. The van der Waals surface area contributed by atoms with Crippen molar-refractivity contribution in [2.45, 2.75) is 19.4 Å². The van der Waals surface area contributed by atoms with Crippen molar-refractivity contribution in [3.8, 4) is 11.5 Å². The first-order valence-corrected chi connectivity index (χ1v) is 5.17. The molecular weight excluding hydrogens is 262 g/mol. The predicted octanol–water partition coefficient (Wildman–Crippen LogP) is 2.29. The summed E-state index contributed by atoms with van der Waals surface area (Å²) < 4.78 is 5.50. The molecule has 5 heteroatoms. The molecule has 0 bridgehead atoms. The summed E-state index contributed by atoms with van der Waals surface area (Å²) >= 11 is 3.28. The van der Waals surface area contributed by atoms with Crippen LogP contribution >= 0.6 is 15.9 Å². The van der Waals surface area contributed by atoms with Gasteiger partial charge in [-0.3, -0.25) is 4.84 Å². The lowest BCUT2D eigenvalue weighted by Crippen LogP contribution is -2.25. The first kappa shape index (κ1) is 12.3. The fourth-order valence-corrected chi connectivity index (χ4v) is 2.05. The van der Waals surface area contributed by atoms with Crippen LogP contribution in [-0.4, -0.2) is 12.2 Å². The monoisotopic (exact) mass is 275 g/mol. The molecule has 84 valence electrons. The molecular formula is C10H14BrNO3. The van der Waals surface area contributed by atoms with Crippen LogP contribution in [-0.2, 0) is 10.4 Å². The lowest BCUT2D eigenvalue weighted by atomic mass is 9.98. The van der Waals surface area contributed by atoms with Crippen molar-refractivity contribution in [2.75, 3.05) is 7.11 Å². The number of nitrogens with two attached hydrogens (primary N) is 1. The molecule has 1 rings (SSSR count). The summed E-state index contributed by atoms with van der Waals surface area (Å²) in [6.07, 6.45) is 0. The van der Waals surface area contributed by atoms with Crippen LogP contribution in [0.2, 0.25) is 0 Å². The van der Waals surface area contributed by atoms with Gasteiger partial charge in [-0.15, -0.1) is 0 Å². The van der Waals surface area contributed by atoms with Crippen LogP contribution in [0.1, 0.15) is 19.4 Å². The zero-order valence-electron chi connectivity index (χ0n) is 8.87. The lowest BCUT2D eigenvalue weighted by molar-refractivity contribution is -0.0243. The molecule has 0 radical (unpaired) electrons. The molecule has 3 N–H and O–H groups in total. The van der Waals surface area contributed by atoms with E-state index in [1.807, 2.05) is 0 Å². The number of hydrogen-bond donors (Lipinski definition) is 2. The molecule has 0 fully saturated rings. The number of methoxy groups -OCH3 is 1. The molecule has 0 saturated carbocycles. The topological polar surface area (TPSA) is 64.7 Å². The van der Waals surface area contributed by atoms with Gasteiger partial charge in [0.1, 0.15) is 5.60 Å². The van der Waals surface area contributed by atoms with Gasteiger partial charge in [-0.1, -0.05) is 6.07 Å². The Morgan fingerprint density at radius 2 is 2.00 bits per heavy atom. The second kappa shape index (κ2) is 4.38. The SMILES string of the molecule is COc1ccc(C(C)(C)ON)c(Br)c1O. The molecule has 0 aliphatic carbocycles. The number of phenolic OH excluding ortho intramolecular Hbond substituents is 1. The van der Waals surface area contributed by atoms with Crippen LogP contribution in [0, 0.1) is 0 Å². The minimum atomic E-state index is -0.678. The maximum absolute atomic E-state index is 9.77. The van der Waals surface area contributed by atoms with Gasteiger partial charge in [-0.2, -0.15) is 0 Å². The smallest absolute Gasteiger partial charge is 0.172 e. The predicted molar refractivity (Wildman–Crippen MR) is 60.7 cm³/mol. The van der Waals surface area contributed by atoms with Gasteiger partial charge in [0, 0.05) is 5.56 Å². The summed E-state index contributed by atoms with van der Waals surface area (Å²) in [7, 11) is 1.49. The Labute approximate surface area is 97.1 Å². The van der Waals surface area contributed by atoms with Crippen LogP contribution < -0.4 is 10.6 Å². The number of rotatable bonds is 3. The molecule has 0 spiro atoms. The molecule has 0 aliphatic heterocycles. The molecule has 4 nitrogen and oxygen atoms in total. The van der Waals surface area contributed by atoms with Crippen molar-refractivity contribution in [2.24, 2.45) is 5.90 Å². The summed E-state index contributed by atoms with van der Waals surface area (Å²) in [5, 5.41) is 9.77. The Balaban J connectivity index is 3.29. The van der Waals surface area contributed by atoms with E-state index in [9.17, 15) is 5.11 Å². The fourth-order valence-electron chi connectivity index (χ4n) is 1.24. The highest BCUT2D eigenvalue weighted by Crippen LogP contribution is 2.41. The van der Waals surface area contributed by atoms with Crippen LogP contribution in [0.4, 0.5) is 0 Å². The van der Waals surface area contributed by atoms with Crippen molar-refractivity contribution in [1.82, 2.24) is 0 Å². The molecule has 1 aromatic rings. The van der Waals surface area contributed by atoms with Gasteiger partial charge in [0.25, 0.3) is 0 Å². The van der Waals surface area contributed by atoms with Crippen LogP contribution in [0.25, 0.3) is 0 Å². The van der Waals surface area contributed by atoms with E-state index in [0.717, 1.165) is 5.56 Å². The van der Waals surface area contributed by atoms with E-state index in [2.05, 4.69) is 15.9 Å². The summed E-state index contributed by atoms with van der Waals surface area (Å²) in [5.41, 5.74) is 0.0751. The maximum Gasteiger partial charge on any atom is 0.172 e. The first-order valence-electron chi connectivity index (χ1n) is 4.38. The average molecular weight is 276 g/mol. The van der Waals surface area contributed by atoms with E-state index in [1.165, 1.54) is 7.11 Å². The Morgan fingerprint density at radius 1 is 1.40 bits per heavy atom.